The van der Waals surface area contributed by atoms with E-state index in [1.165, 1.54) is 12.1 Å². The molecule has 3 N–H and O–H groups in total. The fraction of sp³-hybridized carbons (Fsp3) is 0.286. The third-order valence-corrected chi connectivity index (χ3v) is 4.26. The maximum atomic E-state index is 11.9. The smallest absolute Gasteiger partial charge is 0.342 e. The molecule has 0 saturated heterocycles. The Bertz CT molecular complexity index is 749. The van der Waals surface area contributed by atoms with Crippen LogP contribution >= 0.6 is 0 Å². The van der Waals surface area contributed by atoms with Crippen molar-refractivity contribution >= 4 is 27.5 Å². The molecule has 0 radical (unpaired) electrons. The predicted molar refractivity (Wildman–Crippen MR) is 83.8 cm³/mol. The van der Waals surface area contributed by atoms with E-state index in [0.29, 0.717) is 23.5 Å². The highest BCUT2D eigenvalue weighted by Crippen LogP contribution is 2.19. The Morgan fingerprint density at radius 2 is 1.91 bits per heavy atom. The van der Waals surface area contributed by atoms with Gasteiger partial charge in [-0.2, -0.15) is 8.42 Å². The molecule has 1 aliphatic heterocycles. The molecule has 1 aliphatic rings. The summed E-state index contributed by atoms with van der Waals surface area (Å²) in [5, 5.41) is 11.9. The van der Waals surface area contributed by atoms with Gasteiger partial charge < -0.3 is 10.4 Å². The molecule has 1 amide bonds. The van der Waals surface area contributed by atoms with Crippen molar-refractivity contribution in [3.8, 4) is 5.75 Å². The standard InChI is InChI=1S/C14H17N3O4S/c1-9-13(10(2)17-22(20,21)16-9)7-8-14(19)15-11-3-5-12(18)6-4-11/h3-6,16,18H,7-8H2,1-2H3,(H,15,19). The van der Waals surface area contributed by atoms with Crippen LogP contribution in [-0.2, 0) is 15.0 Å². The van der Waals surface area contributed by atoms with Crippen LogP contribution in [0.5, 0.6) is 5.75 Å². The first kappa shape index (κ1) is 16.0. The largest absolute Gasteiger partial charge is 0.508 e. The van der Waals surface area contributed by atoms with Gasteiger partial charge in [-0.3, -0.25) is 9.52 Å². The molecular weight excluding hydrogens is 306 g/mol. The number of carbonyl (C=O) groups excluding carboxylic acids is 1. The molecule has 0 unspecified atom stereocenters. The van der Waals surface area contributed by atoms with Gasteiger partial charge >= 0.3 is 10.2 Å². The lowest BCUT2D eigenvalue weighted by Gasteiger charge is -2.17. The van der Waals surface area contributed by atoms with Crippen LogP contribution in [-0.4, -0.2) is 25.1 Å². The van der Waals surface area contributed by atoms with Crippen molar-refractivity contribution < 1.29 is 18.3 Å². The zero-order valence-corrected chi connectivity index (χ0v) is 13.1. The third kappa shape index (κ3) is 4.08. The Hall–Kier alpha value is -2.35. The van der Waals surface area contributed by atoms with Crippen molar-refractivity contribution in [3.05, 3.63) is 35.5 Å². The van der Waals surface area contributed by atoms with Gasteiger partial charge in [0, 0.05) is 17.8 Å². The van der Waals surface area contributed by atoms with Crippen LogP contribution in [0.15, 0.2) is 39.9 Å². The van der Waals surface area contributed by atoms with Crippen molar-refractivity contribution in [2.24, 2.45) is 4.40 Å². The highest BCUT2D eigenvalue weighted by atomic mass is 32.2. The Morgan fingerprint density at radius 3 is 2.50 bits per heavy atom. The van der Waals surface area contributed by atoms with Gasteiger partial charge in [-0.15, -0.1) is 4.40 Å². The van der Waals surface area contributed by atoms with Crippen LogP contribution < -0.4 is 10.0 Å². The number of phenolic OH excluding ortho intramolecular Hbond substituents is 1. The number of nitrogens with one attached hydrogen (secondary N) is 2. The van der Waals surface area contributed by atoms with E-state index < -0.39 is 10.2 Å². The zero-order valence-electron chi connectivity index (χ0n) is 12.3. The second kappa shape index (κ2) is 6.18. The van der Waals surface area contributed by atoms with Crippen molar-refractivity contribution in [3.63, 3.8) is 0 Å². The van der Waals surface area contributed by atoms with Gasteiger partial charge in [-0.25, -0.2) is 0 Å². The number of rotatable bonds is 4. The molecule has 1 aromatic rings. The van der Waals surface area contributed by atoms with Crippen molar-refractivity contribution in [2.45, 2.75) is 26.7 Å². The number of amides is 1. The van der Waals surface area contributed by atoms with Gasteiger partial charge in [-0.1, -0.05) is 0 Å². The van der Waals surface area contributed by atoms with Gasteiger partial charge in [-0.05, 0) is 50.1 Å². The Balaban J connectivity index is 1.97. The first-order valence-electron chi connectivity index (χ1n) is 6.65. The van der Waals surface area contributed by atoms with Gasteiger partial charge in [0.2, 0.25) is 5.91 Å². The van der Waals surface area contributed by atoms with E-state index in [4.69, 9.17) is 0 Å². The van der Waals surface area contributed by atoms with Crippen LogP contribution in [0.4, 0.5) is 5.69 Å². The monoisotopic (exact) mass is 323 g/mol. The molecule has 0 spiro atoms. The highest BCUT2D eigenvalue weighted by molar-refractivity contribution is 7.88. The Labute approximate surface area is 129 Å². The number of hydrogen-bond donors (Lipinski definition) is 3. The van der Waals surface area contributed by atoms with Gasteiger partial charge in [0.1, 0.15) is 5.75 Å². The fourth-order valence-corrected chi connectivity index (χ4v) is 3.19. The van der Waals surface area contributed by atoms with E-state index in [1.807, 2.05) is 0 Å². The van der Waals surface area contributed by atoms with E-state index in [9.17, 15) is 18.3 Å². The number of phenols is 1. The minimum Gasteiger partial charge on any atom is -0.508 e. The van der Waals surface area contributed by atoms with E-state index in [1.54, 1.807) is 26.0 Å². The van der Waals surface area contributed by atoms with Gasteiger partial charge in [0.15, 0.2) is 0 Å². The molecule has 1 aromatic carbocycles. The molecule has 0 saturated carbocycles. The minimum atomic E-state index is -3.65. The topological polar surface area (TPSA) is 108 Å². The summed E-state index contributed by atoms with van der Waals surface area (Å²) in [7, 11) is -3.65. The average Bonchev–Trinajstić information content (AvgIpc) is 2.39. The van der Waals surface area contributed by atoms with E-state index >= 15 is 0 Å². The van der Waals surface area contributed by atoms with E-state index in [-0.39, 0.29) is 18.1 Å². The molecule has 22 heavy (non-hydrogen) atoms. The zero-order chi connectivity index (χ0) is 16.3. The molecule has 0 atom stereocenters. The number of anilines is 1. The normalized spacial score (nSPS) is 16.7. The van der Waals surface area contributed by atoms with E-state index in [0.717, 1.165) is 5.57 Å². The van der Waals surface area contributed by atoms with Crippen LogP contribution in [0.3, 0.4) is 0 Å². The fourth-order valence-electron chi connectivity index (χ4n) is 2.16. The molecule has 0 fully saturated rings. The SMILES string of the molecule is CC1=NS(=O)(=O)NC(C)=C1CCC(=O)Nc1ccc(O)cc1. The molecule has 8 heteroatoms. The second-order valence-electron chi connectivity index (χ2n) is 4.95. The van der Waals surface area contributed by atoms with Gasteiger partial charge in [0.25, 0.3) is 0 Å². The molecule has 7 nitrogen and oxygen atoms in total. The quantitative estimate of drug-likeness (QED) is 0.733. The summed E-state index contributed by atoms with van der Waals surface area (Å²) in [6.45, 7) is 3.25. The third-order valence-electron chi connectivity index (χ3n) is 3.18. The van der Waals surface area contributed by atoms with E-state index in [2.05, 4.69) is 14.4 Å². The summed E-state index contributed by atoms with van der Waals surface area (Å²) >= 11 is 0. The van der Waals surface area contributed by atoms with Crippen LogP contribution in [0.1, 0.15) is 26.7 Å². The van der Waals surface area contributed by atoms with Crippen LogP contribution in [0, 0.1) is 0 Å². The van der Waals surface area contributed by atoms with Crippen LogP contribution in [0.2, 0.25) is 0 Å². The first-order valence-corrected chi connectivity index (χ1v) is 8.09. The molecule has 2 rings (SSSR count). The number of nitrogens with zero attached hydrogens (tertiary/aromatic N) is 1. The average molecular weight is 323 g/mol. The summed E-state index contributed by atoms with van der Waals surface area (Å²) in [5.41, 5.74) is 2.19. The summed E-state index contributed by atoms with van der Waals surface area (Å²) in [6, 6.07) is 6.16. The highest BCUT2D eigenvalue weighted by Gasteiger charge is 2.20. The first-order chi connectivity index (χ1) is 10.3. The number of allylic oxidation sites excluding steroid dienone is 2. The summed E-state index contributed by atoms with van der Waals surface area (Å²) < 4.78 is 28.7. The maximum Gasteiger partial charge on any atom is 0.342 e. The molecule has 0 aromatic heterocycles. The molecule has 0 bridgehead atoms. The lowest BCUT2D eigenvalue weighted by molar-refractivity contribution is -0.116. The van der Waals surface area contributed by atoms with Crippen LogP contribution in [0.25, 0.3) is 0 Å². The molecule has 1 heterocycles. The number of hydrogen-bond acceptors (Lipinski definition) is 4. The van der Waals surface area contributed by atoms with Gasteiger partial charge in [0.05, 0.1) is 5.71 Å². The number of benzene rings is 1. The summed E-state index contributed by atoms with van der Waals surface area (Å²) in [4.78, 5) is 11.9. The number of aromatic hydroxyl groups is 1. The Morgan fingerprint density at radius 1 is 1.27 bits per heavy atom. The lowest BCUT2D eigenvalue weighted by atomic mass is 10.0. The second-order valence-corrected chi connectivity index (χ2v) is 6.29. The molecule has 118 valence electrons. The molecular formula is C14H17N3O4S. The lowest BCUT2D eigenvalue weighted by Crippen LogP contribution is -2.28. The summed E-state index contributed by atoms with van der Waals surface area (Å²) in [6.07, 6.45) is 0.579. The molecule has 0 aliphatic carbocycles. The van der Waals surface area contributed by atoms with Crippen molar-refractivity contribution in [2.75, 3.05) is 5.32 Å². The predicted octanol–water partition coefficient (Wildman–Crippen LogP) is 1.69. The minimum absolute atomic E-state index is 0.125. The maximum absolute atomic E-state index is 11.9. The summed E-state index contributed by atoms with van der Waals surface area (Å²) in [5.74, 6) is -0.0766. The Kier molecular flexibility index (Phi) is 4.51. The number of carbonyl (C=O) groups is 1. The van der Waals surface area contributed by atoms with Crippen molar-refractivity contribution in [1.82, 2.24) is 4.72 Å². The van der Waals surface area contributed by atoms with Crippen molar-refractivity contribution in [1.29, 1.82) is 0 Å².